The Kier molecular flexibility index (Phi) is 4.72. The van der Waals surface area contributed by atoms with Crippen molar-refractivity contribution in [3.8, 4) is 0 Å². The lowest BCUT2D eigenvalue weighted by molar-refractivity contribution is 0.570. The molecule has 1 atom stereocenters. The van der Waals surface area contributed by atoms with Crippen molar-refractivity contribution in [3.63, 3.8) is 0 Å². The van der Waals surface area contributed by atoms with Gasteiger partial charge in [0.25, 0.3) is 0 Å². The second-order valence-corrected chi connectivity index (χ2v) is 12.3. The molecule has 4 nitrogen and oxygen atoms in total. The SMILES string of the molecule is O=S(=O)(c1ccccc1)C1(S(=O)(=O)c2ccccc2)C[C@H]1c1ccc(Br)cc1. The van der Waals surface area contributed by atoms with Crippen LogP contribution in [0.15, 0.2) is 99.2 Å². The summed E-state index contributed by atoms with van der Waals surface area (Å²) in [6, 6.07) is 22.8. The normalized spacial score (nSPS) is 18.5. The van der Waals surface area contributed by atoms with Crippen LogP contribution in [0.1, 0.15) is 17.9 Å². The summed E-state index contributed by atoms with van der Waals surface area (Å²) in [4.78, 5) is 0.0447. The molecule has 1 fully saturated rings. The lowest BCUT2D eigenvalue weighted by Crippen LogP contribution is -2.35. The highest BCUT2D eigenvalue weighted by atomic mass is 79.9. The van der Waals surface area contributed by atoms with Crippen LogP contribution >= 0.6 is 15.9 Å². The first kappa shape index (κ1) is 19.4. The molecule has 3 aromatic rings. The third-order valence-corrected chi connectivity index (χ3v) is 11.5. The summed E-state index contributed by atoms with van der Waals surface area (Å²) < 4.78 is 53.3. The summed E-state index contributed by atoms with van der Waals surface area (Å²) in [5.41, 5.74) is 0.696. The van der Waals surface area contributed by atoms with Crippen LogP contribution < -0.4 is 0 Å². The van der Waals surface area contributed by atoms with Crippen LogP contribution in [0.2, 0.25) is 0 Å². The van der Waals surface area contributed by atoms with Gasteiger partial charge in [-0.25, -0.2) is 16.8 Å². The van der Waals surface area contributed by atoms with E-state index in [1.54, 1.807) is 60.7 Å². The zero-order chi connectivity index (χ0) is 20.0. The van der Waals surface area contributed by atoms with Gasteiger partial charge in [0.05, 0.1) is 9.79 Å². The van der Waals surface area contributed by atoms with Crippen molar-refractivity contribution in [2.45, 2.75) is 26.2 Å². The maximum absolute atomic E-state index is 13.6. The van der Waals surface area contributed by atoms with Gasteiger partial charge < -0.3 is 0 Å². The van der Waals surface area contributed by atoms with E-state index in [9.17, 15) is 16.8 Å². The first-order valence-electron chi connectivity index (χ1n) is 8.65. The van der Waals surface area contributed by atoms with E-state index < -0.39 is 29.7 Å². The molecule has 144 valence electrons. The molecule has 28 heavy (non-hydrogen) atoms. The monoisotopic (exact) mass is 476 g/mol. The minimum Gasteiger partial charge on any atom is -0.222 e. The Hall–Kier alpha value is -1.96. The standard InChI is InChI=1S/C21H17BrO4S2/c22-17-13-11-16(12-14-17)20-15-21(20,27(23,24)18-7-3-1-4-8-18)28(25,26)19-9-5-2-6-10-19/h1-14,20H,15H2/t20-/m0/s1. The van der Waals surface area contributed by atoms with E-state index in [-0.39, 0.29) is 16.2 Å². The molecule has 0 saturated heterocycles. The molecular weight excluding hydrogens is 460 g/mol. The van der Waals surface area contributed by atoms with Crippen molar-refractivity contribution >= 4 is 35.6 Å². The van der Waals surface area contributed by atoms with Crippen LogP contribution in [0.4, 0.5) is 0 Å². The topological polar surface area (TPSA) is 68.3 Å². The fourth-order valence-electron chi connectivity index (χ4n) is 3.63. The molecule has 0 radical (unpaired) electrons. The zero-order valence-electron chi connectivity index (χ0n) is 14.7. The van der Waals surface area contributed by atoms with E-state index in [4.69, 9.17) is 0 Å². The number of hydrogen-bond acceptors (Lipinski definition) is 4. The largest absolute Gasteiger partial charge is 0.222 e. The number of benzene rings is 3. The highest BCUT2D eigenvalue weighted by Gasteiger charge is 2.73. The van der Waals surface area contributed by atoms with Gasteiger partial charge in [-0.1, -0.05) is 64.5 Å². The van der Waals surface area contributed by atoms with Gasteiger partial charge in [-0.3, -0.25) is 0 Å². The van der Waals surface area contributed by atoms with Crippen molar-refractivity contribution in [1.82, 2.24) is 0 Å². The van der Waals surface area contributed by atoms with E-state index in [0.717, 1.165) is 4.47 Å². The predicted octanol–water partition coefficient (Wildman–Crippen LogP) is 4.58. The highest BCUT2D eigenvalue weighted by molar-refractivity contribution is 9.10. The van der Waals surface area contributed by atoms with Crippen molar-refractivity contribution in [3.05, 3.63) is 95.0 Å². The summed E-state index contributed by atoms with van der Waals surface area (Å²) in [5.74, 6) is -0.629. The van der Waals surface area contributed by atoms with Gasteiger partial charge in [-0.15, -0.1) is 0 Å². The fourth-order valence-corrected chi connectivity index (χ4v) is 9.25. The number of hydrogen-bond donors (Lipinski definition) is 0. The van der Waals surface area contributed by atoms with Gasteiger partial charge >= 0.3 is 0 Å². The Morgan fingerprint density at radius 2 is 1.11 bits per heavy atom. The molecule has 0 bridgehead atoms. The Balaban J connectivity index is 1.93. The molecule has 0 aliphatic heterocycles. The second kappa shape index (κ2) is 6.83. The zero-order valence-corrected chi connectivity index (χ0v) is 17.9. The van der Waals surface area contributed by atoms with Gasteiger partial charge in [0.2, 0.25) is 0 Å². The number of halogens is 1. The van der Waals surface area contributed by atoms with E-state index >= 15 is 0 Å². The Bertz CT molecular complexity index is 1130. The van der Waals surface area contributed by atoms with Gasteiger partial charge in [0.15, 0.2) is 23.8 Å². The molecular formula is C21H17BrO4S2. The van der Waals surface area contributed by atoms with Crippen LogP contribution in [-0.2, 0) is 19.7 Å². The van der Waals surface area contributed by atoms with Crippen LogP contribution in [0.3, 0.4) is 0 Å². The molecule has 0 N–H and O–H groups in total. The summed E-state index contributed by atoms with van der Waals surface area (Å²) >= 11 is 3.36. The van der Waals surface area contributed by atoms with E-state index in [0.29, 0.717) is 5.56 Å². The maximum atomic E-state index is 13.6. The average molecular weight is 477 g/mol. The molecule has 1 aliphatic rings. The third kappa shape index (κ3) is 2.84. The van der Waals surface area contributed by atoms with E-state index in [2.05, 4.69) is 15.9 Å². The summed E-state index contributed by atoms with van der Waals surface area (Å²) in [6.45, 7) is 0. The van der Waals surface area contributed by atoms with Crippen LogP contribution in [0, 0.1) is 0 Å². The predicted molar refractivity (Wildman–Crippen MR) is 111 cm³/mol. The third-order valence-electron chi connectivity index (χ3n) is 5.15. The van der Waals surface area contributed by atoms with Gasteiger partial charge in [-0.2, -0.15) is 0 Å². The van der Waals surface area contributed by atoms with Crippen molar-refractivity contribution < 1.29 is 16.8 Å². The minimum absolute atomic E-state index is 0.0223. The Labute approximate surface area is 173 Å². The lowest BCUT2D eigenvalue weighted by Gasteiger charge is -2.20. The Morgan fingerprint density at radius 1 is 0.679 bits per heavy atom. The molecule has 0 spiro atoms. The molecule has 4 rings (SSSR count). The molecule has 1 aliphatic carbocycles. The average Bonchev–Trinajstić information content (AvgIpc) is 3.48. The molecule has 0 amide bonds. The van der Waals surface area contributed by atoms with Crippen molar-refractivity contribution in [2.24, 2.45) is 0 Å². The van der Waals surface area contributed by atoms with Crippen LogP contribution in [0.5, 0.6) is 0 Å². The Morgan fingerprint density at radius 3 is 1.54 bits per heavy atom. The maximum Gasteiger partial charge on any atom is 0.199 e. The first-order valence-corrected chi connectivity index (χ1v) is 12.4. The van der Waals surface area contributed by atoms with Crippen LogP contribution in [-0.4, -0.2) is 20.9 Å². The quantitative estimate of drug-likeness (QED) is 0.540. The molecule has 3 aromatic carbocycles. The van der Waals surface area contributed by atoms with Gasteiger partial charge in [0, 0.05) is 10.4 Å². The second-order valence-electron chi connectivity index (χ2n) is 6.75. The summed E-state index contributed by atoms with van der Waals surface area (Å²) in [6.07, 6.45) is 0.0308. The molecule has 0 aromatic heterocycles. The van der Waals surface area contributed by atoms with Crippen LogP contribution in [0.25, 0.3) is 0 Å². The number of sulfone groups is 2. The smallest absolute Gasteiger partial charge is 0.199 e. The first-order chi connectivity index (χ1) is 13.3. The van der Waals surface area contributed by atoms with Crippen molar-refractivity contribution in [2.75, 3.05) is 0 Å². The minimum atomic E-state index is -4.14. The highest BCUT2D eigenvalue weighted by Crippen LogP contribution is 2.63. The van der Waals surface area contributed by atoms with Gasteiger partial charge in [-0.05, 0) is 48.4 Å². The molecule has 7 heteroatoms. The molecule has 0 heterocycles. The fraction of sp³-hybridized carbons (Fsp3) is 0.143. The van der Waals surface area contributed by atoms with Gasteiger partial charge in [0.1, 0.15) is 0 Å². The van der Waals surface area contributed by atoms with E-state index in [1.165, 1.54) is 24.3 Å². The number of rotatable bonds is 5. The van der Waals surface area contributed by atoms with Crippen molar-refractivity contribution in [1.29, 1.82) is 0 Å². The summed E-state index contributed by atoms with van der Waals surface area (Å²) in [7, 11) is -8.28. The van der Waals surface area contributed by atoms with E-state index in [1.807, 2.05) is 0 Å². The molecule has 0 unspecified atom stereocenters. The summed E-state index contributed by atoms with van der Waals surface area (Å²) in [5, 5.41) is 0. The lowest BCUT2D eigenvalue weighted by atomic mass is 10.1. The molecule has 1 saturated carbocycles.